The van der Waals surface area contributed by atoms with E-state index in [1.54, 1.807) is 30.5 Å². The Labute approximate surface area is 185 Å². The first-order valence-electron chi connectivity index (χ1n) is 10.2. The number of amides is 2. The molecule has 0 aliphatic carbocycles. The van der Waals surface area contributed by atoms with Crippen molar-refractivity contribution in [2.75, 3.05) is 10.6 Å². The molecule has 0 spiro atoms. The molecule has 8 heteroatoms. The number of rotatable bonds is 5. The minimum Gasteiger partial charge on any atom is -0.345 e. The molecule has 0 radical (unpaired) electrons. The van der Waals surface area contributed by atoms with E-state index < -0.39 is 0 Å². The number of carbonyl (C=O) groups is 2. The molecule has 2 aromatic heterocycles. The summed E-state index contributed by atoms with van der Waals surface area (Å²) in [5.41, 5.74) is 2.60. The van der Waals surface area contributed by atoms with E-state index in [9.17, 15) is 9.59 Å². The van der Waals surface area contributed by atoms with Crippen LogP contribution in [-0.2, 0) is 0 Å². The summed E-state index contributed by atoms with van der Waals surface area (Å²) in [4.78, 5) is 36.9. The lowest BCUT2D eigenvalue weighted by Crippen LogP contribution is -2.43. The molecular formula is C24H24N6O2. The minimum atomic E-state index is -0.345. The number of aromatic nitrogens is 3. The van der Waals surface area contributed by atoms with Crippen LogP contribution in [0, 0.1) is 0 Å². The number of fused-ring (bicyclic) bond motifs is 1. The molecule has 4 rings (SSSR count). The maximum atomic E-state index is 13.1. The van der Waals surface area contributed by atoms with Crippen molar-refractivity contribution in [3.05, 3.63) is 78.2 Å². The summed E-state index contributed by atoms with van der Waals surface area (Å²) in [5.74, 6) is 0.371. The average Bonchev–Trinajstić information content (AvgIpc) is 3.18. The number of nitrogens with one attached hydrogen (secondary N) is 4. The van der Waals surface area contributed by atoms with Gasteiger partial charge in [-0.1, -0.05) is 36.4 Å². The van der Waals surface area contributed by atoms with Gasteiger partial charge in [0.25, 0.3) is 0 Å². The van der Waals surface area contributed by atoms with Gasteiger partial charge in [-0.2, -0.15) is 0 Å². The maximum absolute atomic E-state index is 13.1. The highest BCUT2D eigenvalue weighted by Crippen LogP contribution is 2.28. The zero-order chi connectivity index (χ0) is 22.7. The fourth-order valence-corrected chi connectivity index (χ4v) is 3.30. The number of carbonyl (C=O) groups excluding carboxylic acids is 2. The highest BCUT2D eigenvalue weighted by Gasteiger charge is 2.19. The molecule has 0 fully saturated rings. The molecule has 2 heterocycles. The molecule has 0 saturated carbocycles. The molecule has 0 bridgehead atoms. The van der Waals surface area contributed by atoms with Crippen LogP contribution in [0.2, 0.25) is 0 Å². The van der Waals surface area contributed by atoms with Crippen LogP contribution < -0.4 is 16.0 Å². The highest BCUT2D eigenvalue weighted by atomic mass is 16.2. The first-order valence-corrected chi connectivity index (χ1v) is 10.2. The van der Waals surface area contributed by atoms with E-state index in [1.807, 2.05) is 51.1 Å². The fraction of sp³-hybridized carbons (Fsp3) is 0.167. The lowest BCUT2D eigenvalue weighted by molar-refractivity contribution is 0.104. The SMILES string of the molecule is CC(C)(C)NC(=O)Nc1cccc(Nc2ncnc3[nH]cc(C(=O)c4ccccc4)c23)c1. The molecule has 2 aromatic carbocycles. The van der Waals surface area contributed by atoms with Crippen LogP contribution in [0.3, 0.4) is 0 Å². The Morgan fingerprint density at radius 2 is 1.69 bits per heavy atom. The van der Waals surface area contributed by atoms with Crippen molar-refractivity contribution < 1.29 is 9.59 Å². The van der Waals surface area contributed by atoms with E-state index >= 15 is 0 Å². The van der Waals surface area contributed by atoms with Crippen molar-refractivity contribution in [2.24, 2.45) is 0 Å². The van der Waals surface area contributed by atoms with Crippen LogP contribution in [0.5, 0.6) is 0 Å². The molecule has 0 unspecified atom stereocenters. The van der Waals surface area contributed by atoms with Crippen LogP contribution in [0.25, 0.3) is 11.0 Å². The van der Waals surface area contributed by atoms with Crippen molar-refractivity contribution in [1.82, 2.24) is 20.3 Å². The molecule has 0 atom stereocenters. The van der Waals surface area contributed by atoms with Gasteiger partial charge in [-0.05, 0) is 39.0 Å². The van der Waals surface area contributed by atoms with Crippen LogP contribution in [0.1, 0.15) is 36.7 Å². The standard InChI is InChI=1S/C24H24N6O2/c1-24(2,3)30-23(32)29-17-11-7-10-16(12-17)28-22-19-18(13-25-21(19)26-14-27-22)20(31)15-8-5-4-6-9-15/h4-14H,1-3H3,(H2,29,30,32)(H2,25,26,27,28). The maximum Gasteiger partial charge on any atom is 0.319 e. The first-order chi connectivity index (χ1) is 15.3. The number of hydrogen-bond acceptors (Lipinski definition) is 5. The van der Waals surface area contributed by atoms with Crippen molar-refractivity contribution >= 4 is 40.0 Å². The number of benzene rings is 2. The summed E-state index contributed by atoms with van der Waals surface area (Å²) >= 11 is 0. The Bertz CT molecular complexity index is 1270. The smallest absolute Gasteiger partial charge is 0.319 e. The van der Waals surface area contributed by atoms with Gasteiger partial charge in [0.05, 0.1) is 10.9 Å². The summed E-state index contributed by atoms with van der Waals surface area (Å²) in [7, 11) is 0. The zero-order valence-corrected chi connectivity index (χ0v) is 18.1. The Kier molecular flexibility index (Phi) is 5.59. The number of hydrogen-bond donors (Lipinski definition) is 4. The molecule has 4 N–H and O–H groups in total. The van der Waals surface area contributed by atoms with Gasteiger partial charge in [-0.3, -0.25) is 4.79 Å². The Morgan fingerprint density at radius 1 is 0.938 bits per heavy atom. The van der Waals surface area contributed by atoms with Gasteiger partial charge in [0.1, 0.15) is 17.8 Å². The molecule has 162 valence electrons. The van der Waals surface area contributed by atoms with Gasteiger partial charge >= 0.3 is 6.03 Å². The van der Waals surface area contributed by atoms with Crippen molar-refractivity contribution in [1.29, 1.82) is 0 Å². The third-order valence-corrected chi connectivity index (χ3v) is 4.62. The summed E-state index contributed by atoms with van der Waals surface area (Å²) < 4.78 is 0. The fourth-order valence-electron chi connectivity index (χ4n) is 3.30. The van der Waals surface area contributed by atoms with Crippen LogP contribution in [-0.4, -0.2) is 32.3 Å². The summed E-state index contributed by atoms with van der Waals surface area (Å²) in [6.45, 7) is 5.74. The van der Waals surface area contributed by atoms with Crippen molar-refractivity contribution in [3.8, 4) is 0 Å². The molecule has 32 heavy (non-hydrogen) atoms. The number of anilines is 3. The van der Waals surface area contributed by atoms with Gasteiger partial charge in [0.2, 0.25) is 0 Å². The van der Waals surface area contributed by atoms with Crippen LogP contribution >= 0.6 is 0 Å². The Balaban J connectivity index is 1.62. The summed E-state index contributed by atoms with van der Waals surface area (Å²) in [6, 6.07) is 16.0. The molecule has 0 aliphatic heterocycles. The van der Waals surface area contributed by atoms with E-state index in [4.69, 9.17) is 0 Å². The highest BCUT2D eigenvalue weighted by molar-refractivity contribution is 6.18. The predicted molar refractivity (Wildman–Crippen MR) is 125 cm³/mol. The number of nitrogens with zero attached hydrogens (tertiary/aromatic N) is 2. The van der Waals surface area contributed by atoms with Crippen molar-refractivity contribution in [2.45, 2.75) is 26.3 Å². The molecule has 0 aliphatic rings. The molecule has 2 amide bonds. The van der Waals surface area contributed by atoms with Crippen LogP contribution in [0.4, 0.5) is 22.0 Å². The topological polar surface area (TPSA) is 112 Å². The summed E-state index contributed by atoms with van der Waals surface area (Å²) in [6.07, 6.45) is 3.07. The second-order valence-electron chi connectivity index (χ2n) is 8.38. The van der Waals surface area contributed by atoms with Gasteiger partial charge < -0.3 is 20.9 Å². The number of urea groups is 1. The van der Waals surface area contributed by atoms with E-state index in [1.165, 1.54) is 6.33 Å². The normalized spacial score (nSPS) is 11.2. The Morgan fingerprint density at radius 3 is 2.44 bits per heavy atom. The number of aromatic amines is 1. The number of H-pyrrole nitrogens is 1. The minimum absolute atomic E-state index is 0.121. The number of ketones is 1. The van der Waals surface area contributed by atoms with Crippen molar-refractivity contribution in [3.63, 3.8) is 0 Å². The third kappa shape index (κ3) is 4.75. The Hall–Kier alpha value is -4.20. The predicted octanol–water partition coefficient (Wildman–Crippen LogP) is 4.85. The molecule has 8 nitrogen and oxygen atoms in total. The molecular weight excluding hydrogens is 404 g/mol. The largest absolute Gasteiger partial charge is 0.345 e. The molecule has 4 aromatic rings. The van der Waals surface area contributed by atoms with Gasteiger partial charge in [-0.25, -0.2) is 14.8 Å². The lowest BCUT2D eigenvalue weighted by atomic mass is 10.0. The van der Waals surface area contributed by atoms with Gasteiger partial charge in [-0.15, -0.1) is 0 Å². The zero-order valence-electron chi connectivity index (χ0n) is 18.1. The van der Waals surface area contributed by atoms with Crippen LogP contribution in [0.15, 0.2) is 67.1 Å². The van der Waals surface area contributed by atoms with E-state index in [0.29, 0.717) is 39.4 Å². The van der Waals surface area contributed by atoms with Gasteiger partial charge in [0.15, 0.2) is 5.78 Å². The third-order valence-electron chi connectivity index (χ3n) is 4.62. The first kappa shape index (κ1) is 21.0. The second kappa shape index (κ2) is 8.50. The summed E-state index contributed by atoms with van der Waals surface area (Å²) in [5, 5.41) is 9.53. The lowest BCUT2D eigenvalue weighted by Gasteiger charge is -2.21. The monoisotopic (exact) mass is 428 g/mol. The van der Waals surface area contributed by atoms with E-state index in [0.717, 1.165) is 0 Å². The molecule has 0 saturated heterocycles. The average molecular weight is 428 g/mol. The van der Waals surface area contributed by atoms with Gasteiger partial charge in [0, 0.05) is 28.7 Å². The quantitative estimate of drug-likeness (QED) is 0.340. The second-order valence-corrected chi connectivity index (χ2v) is 8.38. The van der Waals surface area contributed by atoms with E-state index in [2.05, 4.69) is 30.9 Å². The van der Waals surface area contributed by atoms with E-state index in [-0.39, 0.29) is 17.4 Å².